The first kappa shape index (κ1) is 15.5. The summed E-state index contributed by atoms with van der Waals surface area (Å²) in [4.78, 5) is 12.1. The van der Waals surface area contributed by atoms with Gasteiger partial charge in [0.2, 0.25) is 0 Å². The Morgan fingerprint density at radius 2 is 1.91 bits per heavy atom. The molecular weight excluding hydrogens is 358 g/mol. The zero-order chi connectivity index (χ0) is 16.4. The van der Waals surface area contributed by atoms with E-state index in [2.05, 4.69) is 21.1 Å². The first-order valence-electron chi connectivity index (χ1n) is 7.05. The van der Waals surface area contributed by atoms with Crippen molar-refractivity contribution in [2.24, 2.45) is 0 Å². The van der Waals surface area contributed by atoms with Crippen LogP contribution < -0.4 is 4.74 Å². The minimum absolute atomic E-state index is 0.137. The third-order valence-electron chi connectivity index (χ3n) is 3.52. The van der Waals surface area contributed by atoms with Crippen molar-refractivity contribution in [3.05, 3.63) is 69.8 Å². The molecule has 0 unspecified atom stereocenters. The Kier molecular flexibility index (Phi) is 4.30. The van der Waals surface area contributed by atoms with Gasteiger partial charge in [-0.05, 0) is 49.2 Å². The zero-order valence-electron chi connectivity index (χ0n) is 12.7. The fourth-order valence-corrected chi connectivity index (χ4v) is 2.47. The second-order valence-corrected chi connectivity index (χ2v) is 6.14. The molecule has 0 fully saturated rings. The predicted molar refractivity (Wildman–Crippen MR) is 90.5 cm³/mol. The highest BCUT2D eigenvalue weighted by atomic mass is 79.9. The molecular formula is C18H14BrNO3. The highest BCUT2D eigenvalue weighted by Crippen LogP contribution is 2.24. The smallest absolute Gasteiger partial charge is 0.365 e. The molecule has 0 N–H and O–H groups in total. The van der Waals surface area contributed by atoms with Crippen LogP contribution in [0.25, 0.3) is 11.3 Å². The Hall–Kier alpha value is -2.40. The Labute approximate surface area is 142 Å². The minimum Gasteiger partial charge on any atom is -0.422 e. The van der Waals surface area contributed by atoms with Crippen molar-refractivity contribution in [3.8, 4) is 17.1 Å². The molecule has 5 heteroatoms. The molecule has 0 saturated carbocycles. The van der Waals surface area contributed by atoms with Gasteiger partial charge < -0.3 is 9.26 Å². The van der Waals surface area contributed by atoms with E-state index in [9.17, 15) is 4.79 Å². The van der Waals surface area contributed by atoms with Crippen LogP contribution in [0, 0.1) is 13.8 Å². The Morgan fingerprint density at radius 3 is 2.65 bits per heavy atom. The molecule has 23 heavy (non-hydrogen) atoms. The average molecular weight is 372 g/mol. The summed E-state index contributed by atoms with van der Waals surface area (Å²) in [5.74, 6) is 0.427. The lowest BCUT2D eigenvalue weighted by molar-refractivity contribution is 0.0724. The highest BCUT2D eigenvalue weighted by molar-refractivity contribution is 9.10. The van der Waals surface area contributed by atoms with Crippen molar-refractivity contribution in [1.29, 1.82) is 0 Å². The number of rotatable bonds is 3. The van der Waals surface area contributed by atoms with Crippen molar-refractivity contribution in [3.63, 3.8) is 0 Å². The van der Waals surface area contributed by atoms with E-state index in [1.807, 2.05) is 38.1 Å². The van der Waals surface area contributed by atoms with Crippen molar-refractivity contribution in [2.45, 2.75) is 13.8 Å². The molecule has 0 amide bonds. The van der Waals surface area contributed by atoms with Gasteiger partial charge in [0.1, 0.15) is 5.75 Å². The highest BCUT2D eigenvalue weighted by Gasteiger charge is 2.16. The molecule has 0 aliphatic rings. The molecule has 0 saturated heterocycles. The molecule has 116 valence electrons. The number of esters is 1. The molecule has 0 aliphatic heterocycles. The Morgan fingerprint density at radius 1 is 1.09 bits per heavy atom. The zero-order valence-corrected chi connectivity index (χ0v) is 14.3. The first-order valence-corrected chi connectivity index (χ1v) is 7.84. The summed E-state index contributed by atoms with van der Waals surface area (Å²) in [6, 6.07) is 14.6. The van der Waals surface area contributed by atoms with Crippen LogP contribution in [-0.4, -0.2) is 11.1 Å². The van der Waals surface area contributed by atoms with E-state index < -0.39 is 5.97 Å². The maximum absolute atomic E-state index is 12.1. The number of carbonyl (C=O) groups excluding carboxylic acids is 1. The van der Waals surface area contributed by atoms with Crippen molar-refractivity contribution in [2.75, 3.05) is 0 Å². The van der Waals surface area contributed by atoms with Crippen molar-refractivity contribution in [1.82, 2.24) is 5.16 Å². The van der Waals surface area contributed by atoms with Gasteiger partial charge in [0.25, 0.3) is 0 Å². The number of halogens is 1. The molecule has 0 spiro atoms. The molecule has 0 bridgehead atoms. The Bertz CT molecular complexity index is 870. The fourth-order valence-electron chi connectivity index (χ4n) is 2.09. The SMILES string of the molecule is Cc1ccc(-c2cc(C(=O)Oc3cccc(Br)c3)no2)cc1C. The molecule has 0 radical (unpaired) electrons. The summed E-state index contributed by atoms with van der Waals surface area (Å²) < 4.78 is 11.4. The van der Waals surface area contributed by atoms with Gasteiger partial charge >= 0.3 is 5.97 Å². The van der Waals surface area contributed by atoms with E-state index in [0.717, 1.165) is 15.6 Å². The normalized spacial score (nSPS) is 10.6. The van der Waals surface area contributed by atoms with Gasteiger partial charge in [-0.3, -0.25) is 0 Å². The minimum atomic E-state index is -0.554. The van der Waals surface area contributed by atoms with Crippen LogP contribution in [0.5, 0.6) is 5.75 Å². The number of carbonyl (C=O) groups is 1. The summed E-state index contributed by atoms with van der Waals surface area (Å²) >= 11 is 3.33. The van der Waals surface area contributed by atoms with Crippen LogP contribution in [0.2, 0.25) is 0 Å². The molecule has 3 rings (SSSR count). The lowest BCUT2D eigenvalue weighted by Gasteiger charge is -2.02. The number of aryl methyl sites for hydroxylation is 2. The second-order valence-electron chi connectivity index (χ2n) is 5.22. The van der Waals surface area contributed by atoms with Crippen molar-refractivity contribution < 1.29 is 14.1 Å². The number of hydrogen-bond acceptors (Lipinski definition) is 4. The van der Waals surface area contributed by atoms with Crippen LogP contribution in [0.15, 0.2) is 57.5 Å². The molecule has 1 aromatic heterocycles. The summed E-state index contributed by atoms with van der Waals surface area (Å²) in [5, 5.41) is 3.80. The van der Waals surface area contributed by atoms with E-state index in [1.54, 1.807) is 24.3 Å². The standard InChI is InChI=1S/C18H14BrNO3/c1-11-6-7-13(8-12(11)2)17-10-16(20-23-17)18(21)22-15-5-3-4-14(19)9-15/h3-10H,1-2H3. The third-order valence-corrected chi connectivity index (χ3v) is 4.01. The summed E-state index contributed by atoms with van der Waals surface area (Å²) in [7, 11) is 0. The summed E-state index contributed by atoms with van der Waals surface area (Å²) in [6.45, 7) is 4.07. The monoisotopic (exact) mass is 371 g/mol. The number of hydrogen-bond donors (Lipinski definition) is 0. The molecule has 3 aromatic rings. The Balaban J connectivity index is 1.81. The maximum atomic E-state index is 12.1. The van der Waals surface area contributed by atoms with E-state index >= 15 is 0 Å². The van der Waals surface area contributed by atoms with Crippen LogP contribution in [-0.2, 0) is 0 Å². The van der Waals surface area contributed by atoms with E-state index in [4.69, 9.17) is 9.26 Å². The maximum Gasteiger partial charge on any atom is 0.365 e. The third kappa shape index (κ3) is 3.51. The van der Waals surface area contributed by atoms with Crippen LogP contribution in [0.3, 0.4) is 0 Å². The predicted octanol–water partition coefficient (Wildman–Crippen LogP) is 4.94. The van der Waals surface area contributed by atoms with E-state index in [1.165, 1.54) is 5.56 Å². The lowest BCUT2D eigenvalue weighted by Crippen LogP contribution is -2.08. The van der Waals surface area contributed by atoms with Gasteiger partial charge in [-0.1, -0.05) is 39.3 Å². The first-order chi connectivity index (χ1) is 11.0. The average Bonchev–Trinajstić information content (AvgIpc) is 3.00. The van der Waals surface area contributed by atoms with Crippen LogP contribution >= 0.6 is 15.9 Å². The van der Waals surface area contributed by atoms with E-state index in [-0.39, 0.29) is 5.69 Å². The molecule has 2 aromatic carbocycles. The second kappa shape index (κ2) is 6.38. The van der Waals surface area contributed by atoms with Gasteiger partial charge in [0, 0.05) is 16.1 Å². The molecule has 4 nitrogen and oxygen atoms in total. The van der Waals surface area contributed by atoms with Crippen LogP contribution in [0.1, 0.15) is 21.6 Å². The topological polar surface area (TPSA) is 52.3 Å². The molecule has 0 aliphatic carbocycles. The molecule has 1 heterocycles. The lowest BCUT2D eigenvalue weighted by atomic mass is 10.0. The summed E-state index contributed by atoms with van der Waals surface area (Å²) in [6.07, 6.45) is 0. The van der Waals surface area contributed by atoms with Gasteiger partial charge in [-0.15, -0.1) is 0 Å². The van der Waals surface area contributed by atoms with Gasteiger partial charge in [-0.2, -0.15) is 0 Å². The van der Waals surface area contributed by atoms with Crippen molar-refractivity contribution >= 4 is 21.9 Å². The number of aromatic nitrogens is 1. The van der Waals surface area contributed by atoms with E-state index in [0.29, 0.717) is 11.5 Å². The number of benzene rings is 2. The summed E-state index contributed by atoms with van der Waals surface area (Å²) in [5.41, 5.74) is 3.36. The quantitative estimate of drug-likeness (QED) is 0.483. The van der Waals surface area contributed by atoms with Crippen LogP contribution in [0.4, 0.5) is 0 Å². The number of nitrogens with zero attached hydrogens (tertiary/aromatic N) is 1. The molecule has 0 atom stereocenters. The number of ether oxygens (including phenoxy) is 1. The van der Waals surface area contributed by atoms with Gasteiger partial charge in [0.05, 0.1) is 0 Å². The van der Waals surface area contributed by atoms with Gasteiger partial charge in [0.15, 0.2) is 11.5 Å². The van der Waals surface area contributed by atoms with Gasteiger partial charge in [-0.25, -0.2) is 4.79 Å². The largest absolute Gasteiger partial charge is 0.422 e. The fraction of sp³-hybridized carbons (Fsp3) is 0.111.